The Morgan fingerprint density at radius 3 is 1.39 bits per heavy atom. The summed E-state index contributed by atoms with van der Waals surface area (Å²) in [4.78, 5) is 24.3. The van der Waals surface area contributed by atoms with Gasteiger partial charge < -0.3 is 24.4 Å². The number of carbonyl (C=O) groups excluding carboxylic acids is 2. The Balaban J connectivity index is 3.77. The standard InChI is InChI=1S/C15H20F6O7/c1-4-7-8(10(22)26-5-2)12(24,14(16,17)18)28-13(25,15(19,20)21)9(7)11(23)27-6-3/h7-9,24-25H,4-6H2,1-3H3. The van der Waals surface area contributed by atoms with Crippen LogP contribution in [0.2, 0.25) is 0 Å². The molecular weight excluding hydrogens is 406 g/mol. The molecular formula is C15H20F6O7. The molecule has 4 unspecified atom stereocenters. The topological polar surface area (TPSA) is 102 Å². The number of ether oxygens (including phenoxy) is 3. The lowest BCUT2D eigenvalue weighted by atomic mass is 9.68. The van der Waals surface area contributed by atoms with Gasteiger partial charge in [-0.15, -0.1) is 0 Å². The van der Waals surface area contributed by atoms with Gasteiger partial charge in [-0.1, -0.05) is 13.3 Å². The summed E-state index contributed by atoms with van der Waals surface area (Å²) in [5.41, 5.74) is 0. The van der Waals surface area contributed by atoms with Crippen molar-refractivity contribution in [2.45, 2.75) is 51.1 Å². The lowest BCUT2D eigenvalue weighted by Gasteiger charge is -2.52. The van der Waals surface area contributed by atoms with Crippen LogP contribution in [0, 0.1) is 17.8 Å². The van der Waals surface area contributed by atoms with E-state index in [1.165, 1.54) is 13.8 Å². The molecule has 13 heteroatoms. The van der Waals surface area contributed by atoms with Gasteiger partial charge in [-0.2, -0.15) is 26.3 Å². The Labute approximate surface area is 155 Å². The van der Waals surface area contributed by atoms with E-state index in [4.69, 9.17) is 0 Å². The minimum absolute atomic E-state index is 0.465. The number of hydrogen-bond acceptors (Lipinski definition) is 7. The molecule has 1 heterocycles. The van der Waals surface area contributed by atoms with Crippen molar-refractivity contribution in [3.05, 3.63) is 0 Å². The fraction of sp³-hybridized carbons (Fsp3) is 0.867. The molecule has 0 saturated carbocycles. The zero-order valence-electron chi connectivity index (χ0n) is 15.1. The third-order valence-electron chi connectivity index (χ3n) is 4.38. The Morgan fingerprint density at radius 1 is 0.857 bits per heavy atom. The highest BCUT2D eigenvalue weighted by Crippen LogP contribution is 2.57. The molecule has 0 aromatic carbocycles. The largest absolute Gasteiger partial charge is 0.466 e. The van der Waals surface area contributed by atoms with Crippen LogP contribution in [0.5, 0.6) is 0 Å². The first-order valence-corrected chi connectivity index (χ1v) is 8.23. The molecule has 0 aromatic heterocycles. The van der Waals surface area contributed by atoms with E-state index in [-0.39, 0.29) is 0 Å². The Kier molecular flexibility index (Phi) is 7.01. The highest BCUT2D eigenvalue weighted by molar-refractivity contribution is 5.79. The van der Waals surface area contributed by atoms with Gasteiger partial charge >= 0.3 is 24.3 Å². The van der Waals surface area contributed by atoms with E-state index in [1.54, 1.807) is 0 Å². The lowest BCUT2D eigenvalue weighted by Crippen LogP contribution is -2.74. The van der Waals surface area contributed by atoms with Crippen LogP contribution in [0.1, 0.15) is 27.2 Å². The summed E-state index contributed by atoms with van der Waals surface area (Å²) >= 11 is 0. The van der Waals surface area contributed by atoms with Gasteiger partial charge in [0.2, 0.25) is 0 Å². The predicted octanol–water partition coefficient (Wildman–Crippen LogP) is 1.90. The maximum atomic E-state index is 13.5. The summed E-state index contributed by atoms with van der Waals surface area (Å²) < 4.78 is 93.7. The van der Waals surface area contributed by atoms with Crippen LogP contribution in [0.3, 0.4) is 0 Å². The molecule has 1 rings (SSSR count). The van der Waals surface area contributed by atoms with Crippen LogP contribution in [0.4, 0.5) is 26.3 Å². The van der Waals surface area contributed by atoms with Gasteiger partial charge in [0.05, 0.1) is 13.2 Å². The van der Waals surface area contributed by atoms with Gasteiger partial charge in [0.1, 0.15) is 11.8 Å². The van der Waals surface area contributed by atoms with Crippen LogP contribution in [-0.2, 0) is 23.8 Å². The molecule has 0 amide bonds. The quantitative estimate of drug-likeness (QED) is 0.512. The Bertz CT molecular complexity index is 544. The number of esters is 2. The smallest absolute Gasteiger partial charge is 0.444 e. The second-order valence-electron chi connectivity index (χ2n) is 6.02. The van der Waals surface area contributed by atoms with Crippen molar-refractivity contribution >= 4 is 11.9 Å². The zero-order chi connectivity index (χ0) is 22.1. The van der Waals surface area contributed by atoms with Gasteiger partial charge in [-0.3, -0.25) is 9.59 Å². The number of carbonyl (C=O) groups is 2. The van der Waals surface area contributed by atoms with E-state index in [2.05, 4.69) is 14.2 Å². The average molecular weight is 426 g/mol. The minimum Gasteiger partial charge on any atom is -0.466 e. The molecule has 0 radical (unpaired) electrons. The number of hydrogen-bond donors (Lipinski definition) is 2. The van der Waals surface area contributed by atoms with E-state index in [0.717, 1.165) is 6.92 Å². The molecule has 7 nitrogen and oxygen atoms in total. The number of alkyl halides is 6. The number of halogens is 6. The van der Waals surface area contributed by atoms with E-state index in [9.17, 15) is 46.1 Å². The molecule has 0 aromatic rings. The summed E-state index contributed by atoms with van der Waals surface area (Å²) in [6.07, 6.45) is -12.6. The van der Waals surface area contributed by atoms with Crippen molar-refractivity contribution in [1.82, 2.24) is 0 Å². The van der Waals surface area contributed by atoms with Crippen LogP contribution in [-0.4, -0.2) is 59.3 Å². The molecule has 28 heavy (non-hydrogen) atoms. The third-order valence-corrected chi connectivity index (χ3v) is 4.38. The summed E-state index contributed by atoms with van der Waals surface area (Å²) in [7, 11) is 0. The molecule has 0 spiro atoms. The second kappa shape index (κ2) is 8.03. The van der Waals surface area contributed by atoms with Gasteiger partial charge in [0.15, 0.2) is 0 Å². The van der Waals surface area contributed by atoms with Gasteiger partial charge in [0.25, 0.3) is 11.6 Å². The van der Waals surface area contributed by atoms with E-state index < -0.39 is 73.3 Å². The number of rotatable bonds is 5. The second-order valence-corrected chi connectivity index (χ2v) is 6.02. The zero-order valence-corrected chi connectivity index (χ0v) is 15.1. The first-order valence-electron chi connectivity index (χ1n) is 8.23. The van der Waals surface area contributed by atoms with Crippen molar-refractivity contribution in [3.63, 3.8) is 0 Å². The maximum absolute atomic E-state index is 13.5. The maximum Gasteiger partial charge on any atom is 0.444 e. The average Bonchev–Trinajstić information content (AvgIpc) is 2.52. The van der Waals surface area contributed by atoms with Crippen LogP contribution in [0.15, 0.2) is 0 Å². The molecule has 4 atom stereocenters. The van der Waals surface area contributed by atoms with Gasteiger partial charge in [-0.05, 0) is 19.8 Å². The normalized spacial score (nSPS) is 34.0. The molecule has 2 N–H and O–H groups in total. The summed E-state index contributed by atoms with van der Waals surface area (Å²) in [5.74, 6) is -20.8. The van der Waals surface area contributed by atoms with Gasteiger partial charge in [-0.25, -0.2) is 0 Å². The van der Waals surface area contributed by atoms with E-state index >= 15 is 0 Å². The van der Waals surface area contributed by atoms with Crippen molar-refractivity contribution in [3.8, 4) is 0 Å². The molecule has 1 fully saturated rings. The molecule has 0 aliphatic carbocycles. The van der Waals surface area contributed by atoms with Crippen molar-refractivity contribution in [2.24, 2.45) is 17.8 Å². The molecule has 1 saturated heterocycles. The number of aliphatic hydroxyl groups is 2. The van der Waals surface area contributed by atoms with Crippen molar-refractivity contribution in [2.75, 3.05) is 13.2 Å². The van der Waals surface area contributed by atoms with Crippen LogP contribution < -0.4 is 0 Å². The van der Waals surface area contributed by atoms with Crippen LogP contribution >= 0.6 is 0 Å². The summed E-state index contributed by atoms with van der Waals surface area (Å²) in [5, 5.41) is 20.1. The summed E-state index contributed by atoms with van der Waals surface area (Å²) in [6, 6.07) is 0. The highest BCUT2D eigenvalue weighted by Gasteiger charge is 2.79. The fourth-order valence-electron chi connectivity index (χ4n) is 3.21. The minimum atomic E-state index is -5.95. The van der Waals surface area contributed by atoms with Gasteiger partial charge in [0, 0.05) is 0 Å². The third kappa shape index (κ3) is 3.92. The fourth-order valence-corrected chi connectivity index (χ4v) is 3.21. The molecule has 0 bridgehead atoms. The monoisotopic (exact) mass is 426 g/mol. The molecule has 1 aliphatic rings. The highest BCUT2D eigenvalue weighted by atomic mass is 19.4. The molecule has 164 valence electrons. The van der Waals surface area contributed by atoms with Crippen molar-refractivity contribution < 1.29 is 60.4 Å². The lowest BCUT2D eigenvalue weighted by molar-refractivity contribution is -0.511. The Hall–Kier alpha value is -1.60. The van der Waals surface area contributed by atoms with Crippen LogP contribution in [0.25, 0.3) is 0 Å². The predicted molar refractivity (Wildman–Crippen MR) is 77.1 cm³/mol. The SMILES string of the molecule is CCOC(=O)C1C(CC)C(C(=O)OCC)C(O)(C(F)(F)F)OC1(O)C(F)(F)F. The Morgan fingerprint density at radius 2 is 1.18 bits per heavy atom. The van der Waals surface area contributed by atoms with E-state index in [1.807, 2.05) is 0 Å². The first-order chi connectivity index (χ1) is 12.6. The van der Waals surface area contributed by atoms with E-state index in [0.29, 0.717) is 0 Å². The summed E-state index contributed by atoms with van der Waals surface area (Å²) in [6.45, 7) is 2.57. The van der Waals surface area contributed by atoms with Crippen molar-refractivity contribution in [1.29, 1.82) is 0 Å². The molecule has 1 aliphatic heterocycles. The first kappa shape index (κ1) is 24.4.